The summed E-state index contributed by atoms with van der Waals surface area (Å²) in [5.41, 5.74) is 4.01. The number of fused-ring (bicyclic) bond motifs is 4. The number of halogens is 1. The Bertz CT molecular complexity index is 1260. The Morgan fingerprint density at radius 3 is 2.55 bits per heavy atom. The molecule has 29 heavy (non-hydrogen) atoms. The zero-order valence-electron chi connectivity index (χ0n) is 15.6. The molecule has 0 amide bonds. The van der Waals surface area contributed by atoms with Crippen molar-refractivity contribution in [2.45, 2.75) is 6.61 Å². The van der Waals surface area contributed by atoms with Crippen LogP contribution in [0.5, 0.6) is 5.75 Å². The van der Waals surface area contributed by atoms with Gasteiger partial charge in [0.1, 0.15) is 18.2 Å². The van der Waals surface area contributed by atoms with Crippen LogP contribution < -0.4 is 39.4 Å². The average molecular weight is 393 g/mol. The van der Waals surface area contributed by atoms with E-state index in [2.05, 4.69) is 4.98 Å². The number of carbonyl (C=O) groups is 1. The third-order valence-electron chi connectivity index (χ3n) is 4.97. The maximum absolute atomic E-state index is 13.7. The van der Waals surface area contributed by atoms with Crippen LogP contribution in [0.25, 0.3) is 33.3 Å². The van der Waals surface area contributed by atoms with Gasteiger partial charge < -0.3 is 14.6 Å². The Morgan fingerprint density at radius 2 is 1.79 bits per heavy atom. The molecule has 6 heteroatoms. The van der Waals surface area contributed by atoms with Crippen LogP contribution in [0.15, 0.2) is 66.7 Å². The van der Waals surface area contributed by atoms with Gasteiger partial charge in [0.15, 0.2) is 0 Å². The zero-order chi connectivity index (χ0) is 19.3. The van der Waals surface area contributed by atoms with Crippen LogP contribution in [0.2, 0.25) is 0 Å². The minimum absolute atomic E-state index is 0. The van der Waals surface area contributed by atoms with Gasteiger partial charge in [0.2, 0.25) is 0 Å². The van der Waals surface area contributed by atoms with Crippen LogP contribution in [0.4, 0.5) is 4.39 Å². The molecule has 1 aliphatic heterocycles. The molecule has 4 aromatic rings. The minimum Gasteiger partial charge on any atom is -0.545 e. The van der Waals surface area contributed by atoms with E-state index in [0.717, 1.165) is 11.1 Å². The summed E-state index contributed by atoms with van der Waals surface area (Å²) in [4.78, 5) is 16.4. The van der Waals surface area contributed by atoms with E-state index >= 15 is 0 Å². The molecule has 0 saturated carbocycles. The molecule has 0 aliphatic carbocycles. The van der Waals surface area contributed by atoms with Gasteiger partial charge in [-0.3, -0.25) is 0 Å². The summed E-state index contributed by atoms with van der Waals surface area (Å²) >= 11 is 0. The van der Waals surface area contributed by atoms with Crippen molar-refractivity contribution in [1.82, 2.24) is 4.98 Å². The Balaban J connectivity index is 0.00000205. The third kappa shape index (κ3) is 3.31. The van der Waals surface area contributed by atoms with Gasteiger partial charge >= 0.3 is 29.6 Å². The molecule has 0 fully saturated rings. The van der Waals surface area contributed by atoms with Crippen molar-refractivity contribution in [2.24, 2.45) is 0 Å². The standard InChI is InChI=1S/C23H14FNO3.Na/c24-15-7-9-19-17(11-15)21(23(26)27)18-12-28-20-10-14(13-4-2-1-3-5-13)6-8-16(20)22(18)25-19;/h1-11H,12H2,(H,26,27);/q;+1/p-1. The number of ether oxygens (including phenoxy) is 1. The van der Waals surface area contributed by atoms with Gasteiger partial charge in [0.05, 0.1) is 17.2 Å². The maximum Gasteiger partial charge on any atom is 1.00 e. The number of carboxylic acids is 1. The molecule has 0 spiro atoms. The van der Waals surface area contributed by atoms with Gasteiger partial charge in [-0.2, -0.15) is 0 Å². The number of nitrogens with zero attached hydrogens (tertiary/aromatic N) is 1. The molecule has 5 rings (SSSR count). The zero-order valence-corrected chi connectivity index (χ0v) is 17.6. The molecule has 4 nitrogen and oxygen atoms in total. The van der Waals surface area contributed by atoms with E-state index in [1.165, 1.54) is 18.2 Å². The predicted octanol–water partition coefficient (Wildman–Crippen LogP) is 0.968. The van der Waals surface area contributed by atoms with Crippen molar-refractivity contribution in [3.05, 3.63) is 83.7 Å². The van der Waals surface area contributed by atoms with Crippen molar-refractivity contribution in [2.75, 3.05) is 0 Å². The van der Waals surface area contributed by atoms with Crippen LogP contribution in [0, 0.1) is 5.82 Å². The van der Waals surface area contributed by atoms with Gasteiger partial charge in [0, 0.05) is 22.1 Å². The number of rotatable bonds is 2. The summed E-state index contributed by atoms with van der Waals surface area (Å²) in [7, 11) is 0. The molecular formula is C23H13FNNaO3. The molecule has 1 aliphatic rings. The average Bonchev–Trinajstić information content (AvgIpc) is 2.72. The van der Waals surface area contributed by atoms with Gasteiger partial charge in [0.25, 0.3) is 0 Å². The van der Waals surface area contributed by atoms with Crippen molar-refractivity contribution in [3.63, 3.8) is 0 Å². The smallest absolute Gasteiger partial charge is 0.545 e. The van der Waals surface area contributed by atoms with Crippen molar-refractivity contribution >= 4 is 16.9 Å². The number of benzene rings is 3. The minimum atomic E-state index is -1.37. The normalized spacial score (nSPS) is 11.8. The Kier molecular flexibility index (Phi) is 5.13. The molecule has 0 bridgehead atoms. The SMILES string of the molecule is O=C([O-])c1c2c(nc3ccc(F)cc13)-c1ccc(-c3ccccc3)cc1OC2.[Na+]. The van der Waals surface area contributed by atoms with Crippen molar-refractivity contribution in [3.8, 4) is 28.1 Å². The third-order valence-corrected chi connectivity index (χ3v) is 4.97. The summed E-state index contributed by atoms with van der Waals surface area (Å²) in [6.07, 6.45) is 0. The number of hydrogen-bond acceptors (Lipinski definition) is 4. The second-order valence-corrected chi connectivity index (χ2v) is 6.63. The topological polar surface area (TPSA) is 62.2 Å². The molecule has 0 atom stereocenters. The summed E-state index contributed by atoms with van der Waals surface area (Å²) in [5.74, 6) is -1.27. The number of aromatic nitrogens is 1. The number of carbonyl (C=O) groups excluding carboxylic acids is 1. The van der Waals surface area contributed by atoms with Crippen LogP contribution in [-0.4, -0.2) is 11.0 Å². The second kappa shape index (κ2) is 7.59. The molecule has 2 heterocycles. The summed E-state index contributed by atoms with van der Waals surface area (Å²) in [6.45, 7) is 0.0311. The van der Waals surface area contributed by atoms with E-state index in [1.54, 1.807) is 0 Å². The predicted molar refractivity (Wildman–Crippen MR) is 101 cm³/mol. The number of carboxylic acid groups (broad SMARTS) is 1. The van der Waals surface area contributed by atoms with Crippen molar-refractivity contribution in [1.29, 1.82) is 0 Å². The number of pyridine rings is 1. The molecule has 1 aromatic heterocycles. The molecular weight excluding hydrogens is 380 g/mol. The monoisotopic (exact) mass is 393 g/mol. The number of aromatic carboxylic acids is 1. The molecule has 136 valence electrons. The van der Waals surface area contributed by atoms with E-state index in [9.17, 15) is 14.3 Å². The fraction of sp³-hybridized carbons (Fsp3) is 0.0435. The molecule has 0 saturated heterocycles. The Hall–Kier alpha value is -2.73. The molecule has 3 aromatic carbocycles. The van der Waals surface area contributed by atoms with Crippen LogP contribution in [0.1, 0.15) is 15.9 Å². The second-order valence-electron chi connectivity index (χ2n) is 6.63. The summed E-state index contributed by atoms with van der Waals surface area (Å²) in [5, 5.41) is 12.0. The largest absolute Gasteiger partial charge is 1.00 e. The summed E-state index contributed by atoms with van der Waals surface area (Å²) in [6, 6.07) is 19.5. The van der Waals surface area contributed by atoms with E-state index in [4.69, 9.17) is 4.74 Å². The quantitative estimate of drug-likeness (QED) is 0.476. The first-order chi connectivity index (χ1) is 13.6. The first-order valence-electron chi connectivity index (χ1n) is 8.78. The van der Waals surface area contributed by atoms with E-state index < -0.39 is 11.8 Å². The van der Waals surface area contributed by atoms with Gasteiger partial charge in [-0.05, 0) is 41.5 Å². The first kappa shape index (κ1) is 19.6. The van der Waals surface area contributed by atoms with Crippen LogP contribution in [-0.2, 0) is 6.61 Å². The van der Waals surface area contributed by atoms with Crippen molar-refractivity contribution < 1.29 is 48.6 Å². The maximum atomic E-state index is 13.7. The van der Waals surface area contributed by atoms with E-state index in [1.807, 2.05) is 48.5 Å². The fourth-order valence-electron chi connectivity index (χ4n) is 3.67. The first-order valence-corrected chi connectivity index (χ1v) is 8.78. The fourth-order valence-corrected chi connectivity index (χ4v) is 3.67. The van der Waals surface area contributed by atoms with Gasteiger partial charge in [-0.1, -0.05) is 36.4 Å². The van der Waals surface area contributed by atoms with Crippen LogP contribution in [0.3, 0.4) is 0 Å². The van der Waals surface area contributed by atoms with Gasteiger partial charge in [-0.25, -0.2) is 9.37 Å². The Morgan fingerprint density at radius 1 is 1.00 bits per heavy atom. The summed E-state index contributed by atoms with van der Waals surface area (Å²) < 4.78 is 19.5. The van der Waals surface area contributed by atoms with E-state index in [0.29, 0.717) is 28.1 Å². The van der Waals surface area contributed by atoms with Gasteiger partial charge in [-0.15, -0.1) is 0 Å². The molecule has 0 unspecified atom stereocenters. The van der Waals surface area contributed by atoms with E-state index in [-0.39, 0.29) is 47.1 Å². The Labute approximate surface area is 188 Å². The molecule has 0 N–H and O–H groups in total. The number of hydrogen-bond donors (Lipinski definition) is 0. The van der Waals surface area contributed by atoms with Crippen LogP contribution >= 0.6 is 0 Å². The molecule has 0 radical (unpaired) electrons.